The molecule has 0 bridgehead atoms. The molecule has 9 rings (SSSR count). The van der Waals surface area contributed by atoms with Gasteiger partial charge < -0.3 is 33.2 Å². The summed E-state index contributed by atoms with van der Waals surface area (Å²) in [4.78, 5) is 0. The van der Waals surface area contributed by atoms with Crippen molar-refractivity contribution < 1.29 is 33.2 Å². The molecule has 3 heterocycles. The molecule has 3 aliphatic heterocycles. The average Bonchev–Trinajstić information content (AvgIpc) is 3.37. The second kappa shape index (κ2) is 21.9. The molecule has 0 aromatic heterocycles. The van der Waals surface area contributed by atoms with Crippen LogP contribution in [0.15, 0.2) is 97.1 Å². The minimum Gasteiger partial charge on any atom is -0.494 e. The van der Waals surface area contributed by atoms with Crippen molar-refractivity contribution in [3.05, 3.63) is 119 Å². The van der Waals surface area contributed by atoms with Crippen LogP contribution in [0.1, 0.15) is 171 Å². The van der Waals surface area contributed by atoms with E-state index in [1.165, 1.54) is 60.8 Å². The molecule has 7 nitrogen and oxygen atoms in total. The standard InChI is InChI=1S/C59H78O7/c1-4-5-9-39-60-50-25-19-48(20-26-50)59(49-14-13-15-53(43-49)66-56-18-8-12-42-63-56)37-33-45(34-38-59)57(2,3)44-31-35-58(36-32-44,46-21-27-51(28-22-46)64-54-16-6-10-40-61-54)47-23-29-52(30-24-47)65-55-17-7-11-41-62-55/h13-15,19-30,43-45,54-56H,4-12,16-18,31-42H2,1-3H3. The SMILES string of the molecule is CCCCCOc1ccc(C2(c3cccc(OC4CCCCO4)c3)CCC(C(C)(C)C3CCC(c4ccc(OC5CCCCO5)cc4)(c4ccc(OC5CCCCO5)cc4)CC3)CC2)cc1. The summed E-state index contributed by atoms with van der Waals surface area (Å²) in [6.07, 6.45) is 21.9. The fraction of sp³-hybridized carbons (Fsp3) is 0.593. The van der Waals surface area contributed by atoms with Crippen LogP contribution in [-0.4, -0.2) is 45.3 Å². The quantitative estimate of drug-likeness (QED) is 0.0978. The summed E-state index contributed by atoms with van der Waals surface area (Å²) in [5.41, 5.74) is 5.51. The fourth-order valence-corrected chi connectivity index (χ4v) is 12.4. The zero-order valence-corrected chi connectivity index (χ0v) is 40.5. The van der Waals surface area contributed by atoms with Crippen molar-refractivity contribution in [3.63, 3.8) is 0 Å². The molecule has 2 aliphatic carbocycles. The smallest absolute Gasteiger partial charge is 0.199 e. The Morgan fingerprint density at radius 2 is 0.894 bits per heavy atom. The number of hydrogen-bond acceptors (Lipinski definition) is 7. The van der Waals surface area contributed by atoms with Crippen LogP contribution in [0.25, 0.3) is 0 Å². The zero-order valence-electron chi connectivity index (χ0n) is 40.5. The molecule has 66 heavy (non-hydrogen) atoms. The van der Waals surface area contributed by atoms with E-state index in [-0.39, 0.29) is 35.1 Å². The number of benzene rings is 4. The molecule has 0 amide bonds. The van der Waals surface area contributed by atoms with Crippen LogP contribution in [0.4, 0.5) is 0 Å². The first-order chi connectivity index (χ1) is 32.3. The molecule has 7 heteroatoms. The van der Waals surface area contributed by atoms with Gasteiger partial charge in [0.2, 0.25) is 0 Å². The van der Waals surface area contributed by atoms with Crippen molar-refractivity contribution >= 4 is 0 Å². The predicted molar refractivity (Wildman–Crippen MR) is 263 cm³/mol. The van der Waals surface area contributed by atoms with Crippen molar-refractivity contribution in [1.29, 1.82) is 0 Å². The normalized spacial score (nSPS) is 28.6. The van der Waals surface area contributed by atoms with E-state index < -0.39 is 0 Å². The molecule has 0 radical (unpaired) electrons. The molecule has 0 spiro atoms. The summed E-state index contributed by atoms with van der Waals surface area (Å²) >= 11 is 0. The largest absolute Gasteiger partial charge is 0.494 e. The van der Waals surface area contributed by atoms with Gasteiger partial charge in [0, 0.05) is 30.1 Å². The maximum Gasteiger partial charge on any atom is 0.199 e. The number of ether oxygens (including phenoxy) is 7. The van der Waals surface area contributed by atoms with Crippen LogP contribution in [0, 0.1) is 17.3 Å². The van der Waals surface area contributed by atoms with Crippen molar-refractivity contribution in [2.75, 3.05) is 26.4 Å². The van der Waals surface area contributed by atoms with Crippen LogP contribution < -0.4 is 18.9 Å². The van der Waals surface area contributed by atoms with E-state index >= 15 is 0 Å². The molecule has 356 valence electrons. The van der Waals surface area contributed by atoms with Gasteiger partial charge in [0.15, 0.2) is 18.9 Å². The van der Waals surface area contributed by atoms with E-state index in [9.17, 15) is 0 Å². The minimum atomic E-state index is -0.163. The predicted octanol–water partition coefficient (Wildman–Crippen LogP) is 14.7. The maximum absolute atomic E-state index is 6.49. The highest BCUT2D eigenvalue weighted by Crippen LogP contribution is 2.57. The van der Waals surface area contributed by atoms with Gasteiger partial charge in [0.05, 0.1) is 26.4 Å². The molecule has 5 aliphatic rings. The Morgan fingerprint density at radius 3 is 1.32 bits per heavy atom. The number of hydrogen-bond donors (Lipinski definition) is 0. The second-order valence-corrected chi connectivity index (χ2v) is 20.9. The second-order valence-electron chi connectivity index (χ2n) is 20.9. The highest BCUT2D eigenvalue weighted by Gasteiger charge is 2.48. The van der Waals surface area contributed by atoms with Gasteiger partial charge in [-0.05, 0) is 184 Å². The first kappa shape index (κ1) is 47.0. The fourth-order valence-electron chi connectivity index (χ4n) is 12.4. The van der Waals surface area contributed by atoms with Crippen LogP contribution in [-0.2, 0) is 25.0 Å². The van der Waals surface area contributed by atoms with E-state index in [0.29, 0.717) is 11.8 Å². The Bertz CT molecular complexity index is 1990. The van der Waals surface area contributed by atoms with E-state index in [2.05, 4.69) is 118 Å². The molecule has 3 saturated heterocycles. The molecular weight excluding hydrogens is 821 g/mol. The van der Waals surface area contributed by atoms with E-state index in [1.54, 1.807) is 0 Å². The van der Waals surface area contributed by atoms with Crippen molar-refractivity contribution in [3.8, 4) is 23.0 Å². The van der Waals surface area contributed by atoms with Crippen LogP contribution in [0.5, 0.6) is 23.0 Å². The summed E-state index contributed by atoms with van der Waals surface area (Å²) in [6.45, 7) is 10.5. The summed E-state index contributed by atoms with van der Waals surface area (Å²) in [6, 6.07) is 36.1. The Kier molecular flexibility index (Phi) is 15.6. The third-order valence-electron chi connectivity index (χ3n) is 16.6. The van der Waals surface area contributed by atoms with E-state index in [1.807, 2.05) is 0 Å². The summed E-state index contributed by atoms with van der Waals surface area (Å²) in [7, 11) is 0. The maximum atomic E-state index is 6.49. The highest BCUT2D eigenvalue weighted by atomic mass is 16.7. The summed E-state index contributed by atoms with van der Waals surface area (Å²) < 4.78 is 43.2. The lowest BCUT2D eigenvalue weighted by Gasteiger charge is -2.51. The van der Waals surface area contributed by atoms with Gasteiger partial charge >= 0.3 is 0 Å². The van der Waals surface area contributed by atoms with Crippen LogP contribution in [0.3, 0.4) is 0 Å². The first-order valence-electron chi connectivity index (χ1n) is 26.2. The van der Waals surface area contributed by atoms with Gasteiger partial charge in [-0.3, -0.25) is 0 Å². The van der Waals surface area contributed by atoms with E-state index in [0.717, 1.165) is 139 Å². The lowest BCUT2D eigenvalue weighted by atomic mass is 9.53. The Hall–Kier alpha value is -4.04. The molecule has 3 atom stereocenters. The minimum absolute atomic E-state index is 0.0876. The van der Waals surface area contributed by atoms with Gasteiger partial charge in [0.25, 0.3) is 0 Å². The zero-order chi connectivity index (χ0) is 45.2. The van der Waals surface area contributed by atoms with Gasteiger partial charge in [-0.15, -0.1) is 0 Å². The summed E-state index contributed by atoms with van der Waals surface area (Å²) in [5.74, 6) is 4.95. The molecule has 0 N–H and O–H groups in total. The molecule has 3 unspecified atom stereocenters. The van der Waals surface area contributed by atoms with Crippen molar-refractivity contribution in [2.45, 2.75) is 179 Å². The van der Waals surface area contributed by atoms with Crippen LogP contribution in [0.2, 0.25) is 0 Å². The highest BCUT2D eigenvalue weighted by molar-refractivity contribution is 5.46. The lowest BCUT2D eigenvalue weighted by molar-refractivity contribution is -0.106. The molecule has 4 aromatic carbocycles. The van der Waals surface area contributed by atoms with Gasteiger partial charge in [-0.2, -0.15) is 0 Å². The third kappa shape index (κ3) is 11.0. The van der Waals surface area contributed by atoms with Gasteiger partial charge in [-0.1, -0.05) is 82.1 Å². The van der Waals surface area contributed by atoms with Crippen LogP contribution >= 0.6 is 0 Å². The topological polar surface area (TPSA) is 64.6 Å². The third-order valence-corrected chi connectivity index (χ3v) is 16.6. The van der Waals surface area contributed by atoms with Crippen molar-refractivity contribution in [2.24, 2.45) is 17.3 Å². The molecule has 5 fully saturated rings. The first-order valence-corrected chi connectivity index (χ1v) is 26.2. The van der Waals surface area contributed by atoms with Gasteiger partial charge in [0.1, 0.15) is 23.0 Å². The van der Waals surface area contributed by atoms with E-state index in [4.69, 9.17) is 33.2 Å². The Morgan fingerprint density at radius 1 is 0.470 bits per heavy atom. The Balaban J connectivity index is 0.924. The number of rotatable bonds is 17. The summed E-state index contributed by atoms with van der Waals surface area (Å²) in [5, 5.41) is 0. The van der Waals surface area contributed by atoms with Crippen molar-refractivity contribution in [1.82, 2.24) is 0 Å². The molecule has 2 saturated carbocycles. The average molecular weight is 899 g/mol. The molecular formula is C59H78O7. The van der Waals surface area contributed by atoms with Gasteiger partial charge in [-0.25, -0.2) is 0 Å². The Labute approximate surface area is 396 Å². The molecule has 4 aromatic rings. The number of unbranched alkanes of at least 4 members (excludes halogenated alkanes) is 2. The lowest BCUT2D eigenvalue weighted by Crippen LogP contribution is -2.43. The monoisotopic (exact) mass is 899 g/mol.